The van der Waals surface area contributed by atoms with Crippen LogP contribution in [0.25, 0.3) is 0 Å². The Morgan fingerprint density at radius 2 is 1.94 bits per heavy atom. The SMILES string of the molecule is CCOc1ccc(C)cc1CC(C)(C)CC(=O)N/C(C=O)=C(\CCCCN(C)C)NC. The van der Waals surface area contributed by atoms with Crippen LogP contribution in [0.15, 0.2) is 29.6 Å². The highest BCUT2D eigenvalue weighted by Crippen LogP contribution is 2.31. The number of aryl methyl sites for hydroxylation is 1. The lowest BCUT2D eigenvalue weighted by molar-refractivity contribution is -0.123. The second-order valence-electron chi connectivity index (χ2n) is 9.13. The lowest BCUT2D eigenvalue weighted by atomic mass is 9.81. The van der Waals surface area contributed by atoms with E-state index in [2.05, 4.69) is 42.4 Å². The van der Waals surface area contributed by atoms with Gasteiger partial charge in [0.15, 0.2) is 6.29 Å². The lowest BCUT2D eigenvalue weighted by Gasteiger charge is -2.26. The molecule has 0 aliphatic rings. The highest BCUT2D eigenvalue weighted by Gasteiger charge is 2.25. The van der Waals surface area contributed by atoms with Gasteiger partial charge < -0.3 is 20.3 Å². The van der Waals surface area contributed by atoms with Crippen LogP contribution >= 0.6 is 0 Å². The van der Waals surface area contributed by atoms with Crippen molar-refractivity contribution in [2.24, 2.45) is 5.41 Å². The van der Waals surface area contributed by atoms with E-state index in [4.69, 9.17) is 4.74 Å². The van der Waals surface area contributed by atoms with Crippen LogP contribution in [0, 0.1) is 12.3 Å². The zero-order chi connectivity index (χ0) is 23.4. The van der Waals surface area contributed by atoms with Gasteiger partial charge in [-0.3, -0.25) is 9.59 Å². The van der Waals surface area contributed by atoms with Gasteiger partial charge in [-0.25, -0.2) is 0 Å². The van der Waals surface area contributed by atoms with E-state index in [1.807, 2.05) is 33.2 Å². The zero-order valence-electron chi connectivity index (χ0n) is 20.4. The Labute approximate surface area is 188 Å². The summed E-state index contributed by atoms with van der Waals surface area (Å²) in [7, 11) is 5.87. The molecule has 0 unspecified atom stereocenters. The number of allylic oxidation sites excluding steroid dienone is 2. The van der Waals surface area contributed by atoms with Gasteiger partial charge in [0.25, 0.3) is 0 Å². The van der Waals surface area contributed by atoms with Gasteiger partial charge in [0.2, 0.25) is 5.91 Å². The van der Waals surface area contributed by atoms with Gasteiger partial charge in [-0.2, -0.15) is 0 Å². The monoisotopic (exact) mass is 431 g/mol. The van der Waals surface area contributed by atoms with E-state index in [-0.39, 0.29) is 11.3 Å². The number of aldehydes is 1. The third-order valence-corrected chi connectivity index (χ3v) is 5.12. The number of benzene rings is 1. The summed E-state index contributed by atoms with van der Waals surface area (Å²) in [6.45, 7) is 9.75. The Balaban J connectivity index is 2.81. The predicted molar refractivity (Wildman–Crippen MR) is 127 cm³/mol. The van der Waals surface area contributed by atoms with Crippen molar-refractivity contribution in [2.45, 2.75) is 59.8 Å². The Hall–Kier alpha value is -2.34. The van der Waals surface area contributed by atoms with Gasteiger partial charge in [-0.15, -0.1) is 0 Å². The number of nitrogens with one attached hydrogen (secondary N) is 2. The third kappa shape index (κ3) is 10.0. The molecule has 0 saturated carbocycles. The smallest absolute Gasteiger partial charge is 0.225 e. The lowest BCUT2D eigenvalue weighted by Crippen LogP contribution is -2.32. The highest BCUT2D eigenvalue weighted by atomic mass is 16.5. The molecule has 0 bridgehead atoms. The summed E-state index contributed by atoms with van der Waals surface area (Å²) in [5.74, 6) is 0.712. The number of ether oxygens (including phenoxy) is 1. The molecule has 2 N–H and O–H groups in total. The fourth-order valence-corrected chi connectivity index (χ4v) is 3.65. The van der Waals surface area contributed by atoms with Gasteiger partial charge in [-0.1, -0.05) is 31.5 Å². The number of carbonyl (C=O) groups excluding carboxylic acids is 2. The molecule has 31 heavy (non-hydrogen) atoms. The van der Waals surface area contributed by atoms with Crippen LogP contribution in [0.2, 0.25) is 0 Å². The quantitative estimate of drug-likeness (QED) is 0.266. The van der Waals surface area contributed by atoms with Gasteiger partial charge in [0.05, 0.1) is 6.61 Å². The molecule has 0 aliphatic carbocycles. The topological polar surface area (TPSA) is 70.7 Å². The third-order valence-electron chi connectivity index (χ3n) is 5.12. The maximum Gasteiger partial charge on any atom is 0.225 e. The van der Waals surface area contributed by atoms with Crippen LogP contribution in [0.1, 0.15) is 57.6 Å². The molecule has 1 rings (SSSR count). The number of hydrogen-bond donors (Lipinski definition) is 2. The summed E-state index contributed by atoms with van der Waals surface area (Å²) in [6.07, 6.45) is 4.45. The van der Waals surface area contributed by atoms with Gasteiger partial charge >= 0.3 is 0 Å². The normalized spacial score (nSPS) is 12.4. The fraction of sp³-hybridized carbons (Fsp3) is 0.600. The summed E-state index contributed by atoms with van der Waals surface area (Å²) in [5, 5.41) is 5.91. The number of amides is 1. The van der Waals surface area contributed by atoms with Crippen molar-refractivity contribution >= 4 is 12.2 Å². The minimum Gasteiger partial charge on any atom is -0.494 e. The van der Waals surface area contributed by atoms with E-state index in [1.165, 1.54) is 0 Å². The van der Waals surface area contributed by atoms with Crippen LogP contribution in [0.3, 0.4) is 0 Å². The van der Waals surface area contributed by atoms with E-state index in [9.17, 15) is 9.59 Å². The summed E-state index contributed by atoms with van der Waals surface area (Å²) in [5.41, 5.74) is 3.08. The Morgan fingerprint density at radius 3 is 2.52 bits per heavy atom. The van der Waals surface area contributed by atoms with Crippen LogP contribution in [-0.4, -0.2) is 51.4 Å². The van der Waals surface area contributed by atoms with E-state index in [1.54, 1.807) is 7.05 Å². The van der Waals surface area contributed by atoms with Crippen LogP contribution in [0.4, 0.5) is 0 Å². The molecule has 1 aromatic rings. The number of rotatable bonds is 14. The predicted octanol–water partition coefficient (Wildman–Crippen LogP) is 3.83. The molecule has 174 valence electrons. The molecular weight excluding hydrogens is 390 g/mol. The van der Waals surface area contributed by atoms with Crippen molar-refractivity contribution in [1.82, 2.24) is 15.5 Å². The molecule has 0 heterocycles. The van der Waals surface area contributed by atoms with Gasteiger partial charge in [-0.05, 0) is 77.2 Å². The molecule has 0 radical (unpaired) electrons. The Morgan fingerprint density at radius 1 is 1.23 bits per heavy atom. The summed E-state index contributed by atoms with van der Waals surface area (Å²) in [6, 6.07) is 6.15. The summed E-state index contributed by atoms with van der Waals surface area (Å²) in [4.78, 5) is 26.6. The van der Waals surface area contributed by atoms with Crippen LogP contribution in [-0.2, 0) is 16.0 Å². The van der Waals surface area contributed by atoms with Crippen LogP contribution in [0.5, 0.6) is 5.75 Å². The molecule has 0 fully saturated rings. The first-order valence-corrected chi connectivity index (χ1v) is 11.1. The standard InChI is InChI=1S/C25H41N3O3/c1-8-31-23-13-12-19(2)15-20(23)16-25(3,4)17-24(30)27-22(18-29)21(26-5)11-9-10-14-28(6)7/h12-13,15,18,26H,8-11,14,16-17H2,1-7H3,(H,27,30)/b22-21+. The van der Waals surface area contributed by atoms with Crippen LogP contribution < -0.4 is 15.4 Å². The van der Waals surface area contributed by atoms with Crippen molar-refractivity contribution in [3.05, 3.63) is 40.7 Å². The molecular formula is C25H41N3O3. The van der Waals surface area contributed by atoms with E-state index < -0.39 is 0 Å². The summed E-state index contributed by atoms with van der Waals surface area (Å²) < 4.78 is 5.77. The van der Waals surface area contributed by atoms with Crippen molar-refractivity contribution in [1.29, 1.82) is 0 Å². The first kappa shape index (κ1) is 26.7. The first-order chi connectivity index (χ1) is 14.6. The number of unbranched alkanes of at least 4 members (excludes halogenated alkanes) is 1. The Bertz CT molecular complexity index is 754. The van der Waals surface area contributed by atoms with Gasteiger partial charge in [0, 0.05) is 19.2 Å². The second kappa shape index (κ2) is 13.2. The fourth-order valence-electron chi connectivity index (χ4n) is 3.65. The average molecular weight is 432 g/mol. The molecule has 0 atom stereocenters. The number of carbonyl (C=O) groups is 2. The van der Waals surface area contributed by atoms with E-state index in [0.717, 1.165) is 54.7 Å². The molecule has 0 saturated heterocycles. The van der Waals surface area contributed by atoms with Crippen molar-refractivity contribution in [3.63, 3.8) is 0 Å². The number of hydrogen-bond acceptors (Lipinski definition) is 5. The van der Waals surface area contributed by atoms with Crippen molar-refractivity contribution < 1.29 is 14.3 Å². The Kier molecular flexibility index (Phi) is 11.3. The average Bonchev–Trinajstić information content (AvgIpc) is 2.68. The highest BCUT2D eigenvalue weighted by molar-refractivity contribution is 5.86. The maximum absolute atomic E-state index is 12.8. The van der Waals surface area contributed by atoms with Crippen molar-refractivity contribution in [2.75, 3.05) is 34.3 Å². The maximum atomic E-state index is 12.8. The molecule has 6 heteroatoms. The summed E-state index contributed by atoms with van der Waals surface area (Å²) >= 11 is 0. The molecule has 0 aromatic heterocycles. The second-order valence-corrected chi connectivity index (χ2v) is 9.13. The largest absolute Gasteiger partial charge is 0.494 e. The van der Waals surface area contributed by atoms with E-state index >= 15 is 0 Å². The molecule has 1 amide bonds. The van der Waals surface area contributed by atoms with E-state index in [0.29, 0.717) is 25.1 Å². The van der Waals surface area contributed by atoms with Crippen molar-refractivity contribution in [3.8, 4) is 5.75 Å². The number of nitrogens with zero attached hydrogens (tertiary/aromatic N) is 1. The van der Waals surface area contributed by atoms with Gasteiger partial charge in [0.1, 0.15) is 11.4 Å². The molecule has 0 aliphatic heterocycles. The minimum absolute atomic E-state index is 0.154. The molecule has 1 aromatic carbocycles. The minimum atomic E-state index is -0.288. The zero-order valence-corrected chi connectivity index (χ0v) is 20.4. The molecule has 0 spiro atoms. The first-order valence-electron chi connectivity index (χ1n) is 11.1. The molecule has 6 nitrogen and oxygen atoms in total.